The van der Waals surface area contributed by atoms with Gasteiger partial charge in [0.2, 0.25) is 10.0 Å². The summed E-state index contributed by atoms with van der Waals surface area (Å²) in [6, 6.07) is 6.09. The summed E-state index contributed by atoms with van der Waals surface area (Å²) in [5.41, 5.74) is 2.26. The lowest BCUT2D eigenvalue weighted by atomic mass is 9.89. The van der Waals surface area contributed by atoms with Crippen LogP contribution in [0.4, 0.5) is 0 Å². The van der Waals surface area contributed by atoms with Crippen molar-refractivity contribution < 1.29 is 28.5 Å². The molecule has 0 spiro atoms. The van der Waals surface area contributed by atoms with Gasteiger partial charge in [-0.15, -0.1) is 0 Å². The highest BCUT2D eigenvalue weighted by Crippen LogP contribution is 2.41. The van der Waals surface area contributed by atoms with Crippen LogP contribution in [0.1, 0.15) is 42.7 Å². The molecule has 3 rings (SSSR count). The molecular formula is C18H24BrNO6S. The van der Waals surface area contributed by atoms with E-state index in [1.54, 1.807) is 0 Å². The van der Waals surface area contributed by atoms with Crippen molar-refractivity contribution in [1.29, 1.82) is 0 Å². The highest BCUT2D eigenvalue weighted by atomic mass is 79.9. The van der Waals surface area contributed by atoms with Crippen molar-refractivity contribution in [1.82, 2.24) is 4.31 Å². The van der Waals surface area contributed by atoms with Gasteiger partial charge in [-0.2, -0.15) is 0 Å². The zero-order valence-corrected chi connectivity index (χ0v) is 17.4. The minimum atomic E-state index is -4.20. The highest BCUT2D eigenvalue weighted by molar-refractivity contribution is 9.10. The van der Waals surface area contributed by atoms with E-state index in [4.69, 9.17) is 0 Å². The molecule has 1 heterocycles. The van der Waals surface area contributed by atoms with E-state index in [1.807, 2.05) is 19.1 Å². The lowest BCUT2D eigenvalue weighted by Crippen LogP contribution is -2.54. The number of aliphatic hydroxyl groups excluding tert-OH is 2. The van der Waals surface area contributed by atoms with Crippen molar-refractivity contribution in [2.24, 2.45) is 0 Å². The number of aliphatic hydroxyl groups is 2. The Balaban J connectivity index is 1.78. The van der Waals surface area contributed by atoms with Gasteiger partial charge in [0, 0.05) is 30.4 Å². The van der Waals surface area contributed by atoms with E-state index >= 15 is 0 Å². The second-order valence-corrected chi connectivity index (χ2v) is 10.6. The number of rotatable bonds is 4. The third-order valence-corrected chi connectivity index (χ3v) is 9.28. The number of carbonyl (C=O) groups is 1. The van der Waals surface area contributed by atoms with Crippen LogP contribution in [-0.2, 0) is 14.8 Å². The van der Waals surface area contributed by atoms with E-state index in [0.717, 1.165) is 15.6 Å². The first-order chi connectivity index (χ1) is 12.6. The molecule has 1 aliphatic carbocycles. The number of hydrogen-bond acceptors (Lipinski definition) is 5. The van der Waals surface area contributed by atoms with Gasteiger partial charge < -0.3 is 15.3 Å². The number of aliphatic carboxylic acids is 1. The molecule has 0 bridgehead atoms. The van der Waals surface area contributed by atoms with Crippen LogP contribution in [-0.4, -0.2) is 64.1 Å². The average Bonchev–Trinajstić information content (AvgIpc) is 2.94. The number of benzene rings is 1. The molecule has 1 aromatic carbocycles. The Kier molecular flexibility index (Phi) is 5.71. The van der Waals surface area contributed by atoms with Gasteiger partial charge in [-0.3, -0.25) is 4.79 Å². The normalized spacial score (nSPS) is 30.5. The van der Waals surface area contributed by atoms with Crippen molar-refractivity contribution in [3.8, 4) is 0 Å². The molecule has 3 N–H and O–H groups in total. The van der Waals surface area contributed by atoms with Gasteiger partial charge in [-0.25, -0.2) is 12.7 Å². The topological polar surface area (TPSA) is 115 Å². The van der Waals surface area contributed by atoms with Gasteiger partial charge in [0.05, 0.1) is 12.2 Å². The van der Waals surface area contributed by atoms with E-state index in [-0.39, 0.29) is 19.0 Å². The molecule has 1 aromatic rings. The second kappa shape index (κ2) is 7.44. The zero-order valence-electron chi connectivity index (χ0n) is 15.0. The number of carboxylic acids is 1. The van der Waals surface area contributed by atoms with Crippen LogP contribution in [0.15, 0.2) is 22.7 Å². The number of aryl methyl sites for hydroxylation is 1. The standard InChI is InChI=1S/C18H24BrNO6S/c1-11-8-13(2-3-14(11)19)12-4-6-20(7-5-12)27(25,26)18(17(23)24)9-15(21)16(22)10-18/h2-3,8,12,15-16,21-22H,4-7,9-10H2,1H3,(H,23,24)/t15-,16+,18?. The Labute approximate surface area is 167 Å². The fraction of sp³-hybridized carbons (Fsp3) is 0.611. The molecule has 150 valence electrons. The predicted octanol–water partition coefficient (Wildman–Crippen LogP) is 1.61. The predicted molar refractivity (Wildman–Crippen MR) is 103 cm³/mol. The molecule has 7 nitrogen and oxygen atoms in total. The number of hydrogen-bond donors (Lipinski definition) is 3. The van der Waals surface area contributed by atoms with Crippen LogP contribution in [0.5, 0.6) is 0 Å². The molecule has 0 amide bonds. The van der Waals surface area contributed by atoms with E-state index < -0.39 is 45.8 Å². The van der Waals surface area contributed by atoms with Gasteiger partial charge in [0.1, 0.15) is 0 Å². The summed E-state index contributed by atoms with van der Waals surface area (Å²) in [7, 11) is -4.20. The minimum Gasteiger partial charge on any atom is -0.480 e. The molecule has 1 saturated heterocycles. The van der Waals surface area contributed by atoms with Gasteiger partial charge in [0.25, 0.3) is 0 Å². The maximum Gasteiger partial charge on any atom is 0.326 e. The maximum atomic E-state index is 13.1. The molecular weight excluding hydrogens is 438 g/mol. The zero-order chi connectivity index (χ0) is 20.0. The Morgan fingerprint density at radius 1 is 1.19 bits per heavy atom. The van der Waals surface area contributed by atoms with Crippen molar-refractivity contribution in [3.05, 3.63) is 33.8 Å². The SMILES string of the molecule is Cc1cc(C2CCN(S(=O)(=O)C3(C(=O)O)C[C@@H](O)[C@@H](O)C3)CC2)ccc1Br. The Hall–Kier alpha value is -1.00. The molecule has 0 aromatic heterocycles. The van der Waals surface area contributed by atoms with Crippen LogP contribution < -0.4 is 0 Å². The van der Waals surface area contributed by atoms with Gasteiger partial charge in [-0.05, 0) is 42.9 Å². The van der Waals surface area contributed by atoms with Crippen molar-refractivity contribution in [2.75, 3.05) is 13.1 Å². The van der Waals surface area contributed by atoms with Crippen LogP contribution in [0.3, 0.4) is 0 Å². The van der Waals surface area contributed by atoms with E-state index in [1.165, 1.54) is 4.31 Å². The molecule has 3 atom stereocenters. The van der Waals surface area contributed by atoms with Crippen molar-refractivity contribution >= 4 is 31.9 Å². The quantitative estimate of drug-likeness (QED) is 0.627. The van der Waals surface area contributed by atoms with Gasteiger partial charge in [-0.1, -0.05) is 28.1 Å². The molecule has 0 radical (unpaired) electrons. The smallest absolute Gasteiger partial charge is 0.326 e. The highest BCUT2D eigenvalue weighted by Gasteiger charge is 2.60. The average molecular weight is 462 g/mol. The molecule has 1 saturated carbocycles. The second-order valence-electron chi connectivity index (χ2n) is 7.53. The largest absolute Gasteiger partial charge is 0.480 e. The molecule has 9 heteroatoms. The minimum absolute atomic E-state index is 0.212. The summed E-state index contributed by atoms with van der Waals surface area (Å²) in [6.07, 6.45) is -2.48. The molecule has 27 heavy (non-hydrogen) atoms. The summed E-state index contributed by atoms with van der Waals surface area (Å²) in [5.74, 6) is -1.30. The van der Waals surface area contributed by atoms with E-state index in [0.29, 0.717) is 12.8 Å². The molecule has 2 fully saturated rings. The molecule has 1 aliphatic heterocycles. The Bertz CT molecular complexity index is 824. The first-order valence-corrected chi connectivity index (χ1v) is 11.2. The number of carboxylic acid groups (broad SMARTS) is 1. The number of piperidine rings is 1. The molecule has 2 aliphatic rings. The summed E-state index contributed by atoms with van der Waals surface area (Å²) in [5, 5.41) is 29.2. The van der Waals surface area contributed by atoms with Crippen molar-refractivity contribution in [2.45, 2.75) is 55.5 Å². The Morgan fingerprint density at radius 3 is 2.22 bits per heavy atom. The Morgan fingerprint density at radius 2 is 1.74 bits per heavy atom. The third kappa shape index (κ3) is 3.55. The monoisotopic (exact) mass is 461 g/mol. The lowest BCUT2D eigenvalue weighted by Gasteiger charge is -2.36. The summed E-state index contributed by atoms with van der Waals surface area (Å²) in [4.78, 5) is 11.8. The summed E-state index contributed by atoms with van der Waals surface area (Å²) < 4.78 is 26.3. The first kappa shape index (κ1) is 20.7. The third-order valence-electron chi connectivity index (χ3n) is 5.85. The number of halogens is 1. The van der Waals surface area contributed by atoms with Crippen LogP contribution in [0.25, 0.3) is 0 Å². The fourth-order valence-corrected chi connectivity index (χ4v) is 6.54. The molecule has 1 unspecified atom stereocenters. The number of sulfonamides is 1. The lowest BCUT2D eigenvalue weighted by molar-refractivity contribution is -0.140. The van der Waals surface area contributed by atoms with Crippen LogP contribution in [0, 0.1) is 6.92 Å². The maximum absolute atomic E-state index is 13.1. The van der Waals surface area contributed by atoms with Gasteiger partial charge in [0.15, 0.2) is 4.75 Å². The summed E-state index contributed by atoms with van der Waals surface area (Å²) >= 11 is 3.47. The number of nitrogens with zero attached hydrogens (tertiary/aromatic N) is 1. The van der Waals surface area contributed by atoms with E-state index in [9.17, 15) is 28.5 Å². The van der Waals surface area contributed by atoms with Crippen LogP contribution >= 0.6 is 15.9 Å². The van der Waals surface area contributed by atoms with Crippen LogP contribution in [0.2, 0.25) is 0 Å². The van der Waals surface area contributed by atoms with Crippen molar-refractivity contribution in [3.63, 3.8) is 0 Å². The first-order valence-electron chi connectivity index (χ1n) is 8.94. The fourth-order valence-electron chi connectivity index (χ4n) is 4.13. The van der Waals surface area contributed by atoms with Gasteiger partial charge >= 0.3 is 5.97 Å². The van der Waals surface area contributed by atoms with E-state index in [2.05, 4.69) is 22.0 Å². The summed E-state index contributed by atoms with van der Waals surface area (Å²) in [6.45, 7) is 2.45.